The molecule has 0 aromatic heterocycles. The number of carbonyl (C=O) groups excluding carboxylic acids is 1. The van der Waals surface area contributed by atoms with Crippen molar-refractivity contribution >= 4 is 22.4 Å². The Morgan fingerprint density at radius 1 is 0.718 bits per heavy atom. The molecule has 5 aromatic carbocycles. The van der Waals surface area contributed by atoms with Crippen molar-refractivity contribution in [3.8, 4) is 39.9 Å². The number of anilines is 1. The van der Waals surface area contributed by atoms with Crippen molar-refractivity contribution in [3.05, 3.63) is 108 Å². The van der Waals surface area contributed by atoms with Crippen LogP contribution in [0.5, 0.6) is 28.7 Å². The third kappa shape index (κ3) is 5.22. The molecule has 0 aliphatic rings. The molecule has 6 nitrogen and oxygen atoms in total. The van der Waals surface area contributed by atoms with Crippen molar-refractivity contribution in [3.63, 3.8) is 0 Å². The second-order valence-electron chi connectivity index (χ2n) is 10.4. The summed E-state index contributed by atoms with van der Waals surface area (Å²) in [5.74, 6) is -1.24. The summed E-state index contributed by atoms with van der Waals surface area (Å²) in [5, 5.41) is 36.1. The predicted molar refractivity (Wildman–Crippen MR) is 154 cm³/mol. The standard InChI is InChI=1S/C33H29NO5/c1-33(2,3)27-10-6-7-11-28(27)39-24-16-14-23(15-17-24)34-32(38)26-19-25(29(35)31(37)30(26)36)22-13-12-20-8-4-5-9-21(20)18-22/h4-19,35-37H,1-3H3,(H,34,38). The third-order valence-corrected chi connectivity index (χ3v) is 6.59. The molecule has 4 N–H and O–H groups in total. The summed E-state index contributed by atoms with van der Waals surface area (Å²) in [5.41, 5.74) is 2.10. The van der Waals surface area contributed by atoms with Gasteiger partial charge in [0.1, 0.15) is 11.5 Å². The Kier molecular flexibility index (Phi) is 6.62. The quantitative estimate of drug-likeness (QED) is 0.177. The van der Waals surface area contributed by atoms with Crippen molar-refractivity contribution in [1.82, 2.24) is 0 Å². The summed E-state index contributed by atoms with van der Waals surface area (Å²) in [6.45, 7) is 6.36. The lowest BCUT2D eigenvalue weighted by Gasteiger charge is -2.22. The van der Waals surface area contributed by atoms with Crippen LogP contribution in [0, 0.1) is 0 Å². The fourth-order valence-electron chi connectivity index (χ4n) is 4.51. The van der Waals surface area contributed by atoms with Crippen LogP contribution in [0.15, 0.2) is 97.1 Å². The number of fused-ring (bicyclic) bond motifs is 1. The van der Waals surface area contributed by atoms with Gasteiger partial charge in [-0.25, -0.2) is 0 Å². The second-order valence-corrected chi connectivity index (χ2v) is 10.4. The Hall–Kier alpha value is -4.97. The van der Waals surface area contributed by atoms with Crippen molar-refractivity contribution in [2.24, 2.45) is 0 Å². The minimum absolute atomic E-state index is 0.0894. The van der Waals surface area contributed by atoms with Gasteiger partial charge in [-0.1, -0.05) is 75.4 Å². The molecule has 39 heavy (non-hydrogen) atoms. The van der Waals surface area contributed by atoms with E-state index in [1.807, 2.05) is 60.7 Å². The van der Waals surface area contributed by atoms with Crippen molar-refractivity contribution in [2.45, 2.75) is 26.2 Å². The number of benzene rings is 5. The van der Waals surface area contributed by atoms with E-state index in [2.05, 4.69) is 26.1 Å². The number of ether oxygens (including phenoxy) is 1. The summed E-state index contributed by atoms with van der Waals surface area (Å²) in [7, 11) is 0. The fraction of sp³-hybridized carbons (Fsp3) is 0.121. The lowest BCUT2D eigenvalue weighted by Crippen LogP contribution is -2.13. The predicted octanol–water partition coefficient (Wildman–Crippen LogP) is 7.97. The van der Waals surface area contributed by atoms with Crippen LogP contribution in [0.25, 0.3) is 21.9 Å². The highest BCUT2D eigenvalue weighted by Gasteiger charge is 2.23. The van der Waals surface area contributed by atoms with Gasteiger partial charge in [0.25, 0.3) is 5.91 Å². The van der Waals surface area contributed by atoms with Gasteiger partial charge in [-0.15, -0.1) is 0 Å². The van der Waals surface area contributed by atoms with E-state index < -0.39 is 23.2 Å². The molecular formula is C33H29NO5. The topological polar surface area (TPSA) is 99.0 Å². The number of phenolic OH excluding ortho intramolecular Hbond substituents is 3. The van der Waals surface area contributed by atoms with Crippen LogP contribution in [-0.4, -0.2) is 21.2 Å². The lowest BCUT2D eigenvalue weighted by atomic mass is 9.86. The van der Waals surface area contributed by atoms with Crippen LogP contribution >= 0.6 is 0 Å². The number of phenols is 3. The zero-order chi connectivity index (χ0) is 27.7. The monoisotopic (exact) mass is 519 g/mol. The van der Waals surface area contributed by atoms with E-state index in [1.54, 1.807) is 30.3 Å². The molecule has 5 aromatic rings. The Bertz CT molecular complexity index is 1680. The zero-order valence-electron chi connectivity index (χ0n) is 21.9. The van der Waals surface area contributed by atoms with Crippen LogP contribution in [0.1, 0.15) is 36.7 Å². The first-order valence-electron chi connectivity index (χ1n) is 12.6. The van der Waals surface area contributed by atoms with Gasteiger partial charge in [0.15, 0.2) is 11.5 Å². The van der Waals surface area contributed by atoms with Crippen LogP contribution in [0.3, 0.4) is 0 Å². The highest BCUT2D eigenvalue weighted by Crippen LogP contribution is 2.45. The van der Waals surface area contributed by atoms with E-state index in [4.69, 9.17) is 4.74 Å². The average Bonchev–Trinajstić information content (AvgIpc) is 2.92. The van der Waals surface area contributed by atoms with Crippen molar-refractivity contribution in [2.75, 3.05) is 5.32 Å². The van der Waals surface area contributed by atoms with Gasteiger partial charge in [-0.05, 0) is 64.2 Å². The van der Waals surface area contributed by atoms with E-state index in [0.29, 0.717) is 17.0 Å². The minimum Gasteiger partial charge on any atom is -0.504 e. The van der Waals surface area contributed by atoms with Crippen molar-refractivity contribution in [1.29, 1.82) is 0 Å². The van der Waals surface area contributed by atoms with Crippen LogP contribution in [-0.2, 0) is 5.41 Å². The van der Waals surface area contributed by atoms with E-state index in [0.717, 1.165) is 22.1 Å². The number of nitrogens with one attached hydrogen (secondary N) is 1. The summed E-state index contributed by atoms with van der Waals surface area (Å²) in [6, 6.07) is 29.3. The molecule has 0 bridgehead atoms. The average molecular weight is 520 g/mol. The molecule has 1 amide bonds. The first kappa shape index (κ1) is 25.7. The Labute approximate surface area is 226 Å². The number of hydrogen-bond acceptors (Lipinski definition) is 5. The number of aromatic hydroxyl groups is 3. The maximum absolute atomic E-state index is 13.1. The molecule has 0 radical (unpaired) electrons. The molecule has 196 valence electrons. The van der Waals surface area contributed by atoms with Gasteiger partial charge in [0, 0.05) is 16.8 Å². The van der Waals surface area contributed by atoms with E-state index in [9.17, 15) is 20.1 Å². The van der Waals surface area contributed by atoms with Crippen molar-refractivity contribution < 1.29 is 24.9 Å². The maximum atomic E-state index is 13.1. The molecule has 0 aliphatic heterocycles. The molecule has 0 saturated heterocycles. The Morgan fingerprint density at radius 2 is 1.38 bits per heavy atom. The van der Waals surface area contributed by atoms with Gasteiger partial charge < -0.3 is 25.4 Å². The number of para-hydroxylation sites is 1. The first-order valence-corrected chi connectivity index (χ1v) is 12.6. The fourth-order valence-corrected chi connectivity index (χ4v) is 4.51. The SMILES string of the molecule is CC(C)(C)c1ccccc1Oc1ccc(NC(=O)c2cc(-c3ccc4ccccc4c3)c(O)c(O)c2O)cc1. The molecule has 0 heterocycles. The maximum Gasteiger partial charge on any atom is 0.259 e. The largest absolute Gasteiger partial charge is 0.504 e. The van der Waals surface area contributed by atoms with Gasteiger partial charge >= 0.3 is 0 Å². The third-order valence-electron chi connectivity index (χ3n) is 6.59. The molecule has 0 unspecified atom stereocenters. The smallest absolute Gasteiger partial charge is 0.259 e. The van der Waals surface area contributed by atoms with Crippen LogP contribution < -0.4 is 10.1 Å². The summed E-state index contributed by atoms with van der Waals surface area (Å²) < 4.78 is 6.11. The van der Waals surface area contributed by atoms with Crippen LogP contribution in [0.2, 0.25) is 0 Å². The molecule has 0 fully saturated rings. The summed E-state index contributed by atoms with van der Waals surface area (Å²) in [4.78, 5) is 13.1. The molecule has 0 spiro atoms. The molecule has 0 aliphatic carbocycles. The van der Waals surface area contributed by atoms with Gasteiger partial charge in [0.05, 0.1) is 5.56 Å². The number of amides is 1. The number of carbonyl (C=O) groups is 1. The van der Waals surface area contributed by atoms with E-state index in [-0.39, 0.29) is 16.5 Å². The second kappa shape index (κ2) is 10.1. The normalized spacial score (nSPS) is 11.4. The minimum atomic E-state index is -0.757. The highest BCUT2D eigenvalue weighted by atomic mass is 16.5. The summed E-state index contributed by atoms with van der Waals surface area (Å²) in [6.07, 6.45) is 0. The van der Waals surface area contributed by atoms with Gasteiger partial charge in [-0.3, -0.25) is 4.79 Å². The molecule has 0 saturated carbocycles. The van der Waals surface area contributed by atoms with Crippen LogP contribution in [0.4, 0.5) is 5.69 Å². The van der Waals surface area contributed by atoms with Gasteiger partial charge in [0.2, 0.25) is 5.75 Å². The highest BCUT2D eigenvalue weighted by molar-refractivity contribution is 6.08. The zero-order valence-corrected chi connectivity index (χ0v) is 21.9. The van der Waals surface area contributed by atoms with E-state index in [1.165, 1.54) is 6.07 Å². The van der Waals surface area contributed by atoms with E-state index >= 15 is 0 Å². The lowest BCUT2D eigenvalue weighted by molar-refractivity contribution is 0.102. The van der Waals surface area contributed by atoms with Gasteiger partial charge in [-0.2, -0.15) is 0 Å². The molecule has 6 heteroatoms. The summed E-state index contributed by atoms with van der Waals surface area (Å²) >= 11 is 0. The Morgan fingerprint density at radius 3 is 2.10 bits per heavy atom. The molecule has 5 rings (SSSR count). The Balaban J connectivity index is 1.39. The molecule has 0 atom stereocenters. The number of hydrogen-bond donors (Lipinski definition) is 4. The molecular weight excluding hydrogens is 490 g/mol. The first-order chi connectivity index (χ1) is 18.6. The number of rotatable bonds is 5.